The second kappa shape index (κ2) is 5.28. The number of nitriles is 1. The van der Waals surface area contributed by atoms with Crippen LogP contribution in [0.2, 0.25) is 0 Å². The van der Waals surface area contributed by atoms with E-state index in [1.165, 1.54) is 18.0 Å². The molecule has 0 bridgehead atoms. The summed E-state index contributed by atoms with van der Waals surface area (Å²) >= 11 is 0. The van der Waals surface area contributed by atoms with Crippen molar-refractivity contribution in [2.24, 2.45) is 0 Å². The van der Waals surface area contributed by atoms with Crippen molar-refractivity contribution in [2.75, 3.05) is 0 Å². The highest BCUT2D eigenvalue weighted by Gasteiger charge is 2.02. The Bertz CT molecular complexity index is 553. The van der Waals surface area contributed by atoms with E-state index in [4.69, 9.17) is 10.00 Å². The summed E-state index contributed by atoms with van der Waals surface area (Å²) < 4.78 is 5.53. The average molecular weight is 239 g/mol. The van der Waals surface area contributed by atoms with Gasteiger partial charge in [0.2, 0.25) is 5.88 Å². The van der Waals surface area contributed by atoms with Crippen molar-refractivity contribution in [1.82, 2.24) is 9.97 Å². The number of benzene rings is 1. The summed E-state index contributed by atoms with van der Waals surface area (Å²) in [6, 6.07) is 9.75. The molecule has 0 aliphatic rings. The van der Waals surface area contributed by atoms with Crippen LogP contribution in [0.1, 0.15) is 31.0 Å². The molecule has 0 atom stereocenters. The van der Waals surface area contributed by atoms with E-state index in [-0.39, 0.29) is 5.69 Å². The fraction of sp³-hybridized carbons (Fsp3) is 0.214. The van der Waals surface area contributed by atoms with Crippen LogP contribution in [0.3, 0.4) is 0 Å². The zero-order valence-corrected chi connectivity index (χ0v) is 10.3. The molecule has 0 aliphatic heterocycles. The van der Waals surface area contributed by atoms with Gasteiger partial charge in [0.15, 0.2) is 5.69 Å². The molecule has 0 aliphatic carbocycles. The summed E-state index contributed by atoms with van der Waals surface area (Å²) in [5.74, 6) is 1.58. The first-order valence-electron chi connectivity index (χ1n) is 5.69. The van der Waals surface area contributed by atoms with Gasteiger partial charge in [-0.25, -0.2) is 9.97 Å². The number of hydrogen-bond donors (Lipinski definition) is 0. The number of hydrogen-bond acceptors (Lipinski definition) is 4. The lowest BCUT2D eigenvalue weighted by atomic mass is 10.0. The molecule has 4 heteroatoms. The molecule has 4 nitrogen and oxygen atoms in total. The maximum Gasteiger partial charge on any atom is 0.237 e. The summed E-state index contributed by atoms with van der Waals surface area (Å²) in [7, 11) is 0. The molecule has 18 heavy (non-hydrogen) atoms. The minimum Gasteiger partial charge on any atom is -0.438 e. The van der Waals surface area contributed by atoms with Crippen LogP contribution in [0.15, 0.2) is 36.7 Å². The summed E-state index contributed by atoms with van der Waals surface area (Å²) in [5.41, 5.74) is 1.53. The highest BCUT2D eigenvalue weighted by atomic mass is 16.5. The lowest BCUT2D eigenvalue weighted by Crippen LogP contribution is -1.92. The Morgan fingerprint density at radius 1 is 1.11 bits per heavy atom. The number of rotatable bonds is 3. The SMILES string of the molecule is CC(C)c1ccc(Oc2cnc(C#N)cn2)cc1. The number of aromatic nitrogens is 2. The predicted octanol–water partition coefficient (Wildman–Crippen LogP) is 3.26. The summed E-state index contributed by atoms with van der Waals surface area (Å²) in [6.07, 6.45) is 2.83. The molecule has 0 saturated carbocycles. The molecule has 2 aromatic rings. The number of nitrogens with zero attached hydrogens (tertiary/aromatic N) is 3. The van der Waals surface area contributed by atoms with Crippen molar-refractivity contribution < 1.29 is 4.74 Å². The molecule has 1 aromatic carbocycles. The fourth-order valence-electron chi connectivity index (χ4n) is 1.47. The zero-order chi connectivity index (χ0) is 13.0. The molecule has 0 N–H and O–H groups in total. The second-order valence-corrected chi connectivity index (χ2v) is 4.18. The Morgan fingerprint density at radius 2 is 1.83 bits per heavy atom. The predicted molar refractivity (Wildman–Crippen MR) is 67.4 cm³/mol. The van der Waals surface area contributed by atoms with Crippen LogP contribution in [0.5, 0.6) is 11.6 Å². The van der Waals surface area contributed by atoms with Gasteiger partial charge in [-0.3, -0.25) is 0 Å². The number of ether oxygens (including phenoxy) is 1. The first-order valence-corrected chi connectivity index (χ1v) is 5.69. The van der Waals surface area contributed by atoms with Crippen LogP contribution in [0.25, 0.3) is 0 Å². The maximum atomic E-state index is 8.61. The maximum absolute atomic E-state index is 8.61. The average Bonchev–Trinajstić information content (AvgIpc) is 2.40. The van der Waals surface area contributed by atoms with E-state index in [0.29, 0.717) is 17.5 Å². The van der Waals surface area contributed by atoms with Crippen LogP contribution >= 0.6 is 0 Å². The van der Waals surface area contributed by atoms with Gasteiger partial charge in [-0.05, 0) is 23.6 Å². The minimum absolute atomic E-state index is 0.275. The quantitative estimate of drug-likeness (QED) is 0.824. The Morgan fingerprint density at radius 3 is 2.33 bits per heavy atom. The van der Waals surface area contributed by atoms with Crippen LogP contribution in [-0.2, 0) is 0 Å². The van der Waals surface area contributed by atoms with Gasteiger partial charge < -0.3 is 4.74 Å². The molecule has 90 valence electrons. The van der Waals surface area contributed by atoms with Crippen molar-refractivity contribution in [3.8, 4) is 17.7 Å². The third kappa shape index (κ3) is 2.83. The Hall–Kier alpha value is -2.41. The summed E-state index contributed by atoms with van der Waals surface area (Å²) in [5, 5.41) is 8.61. The van der Waals surface area contributed by atoms with E-state index in [0.717, 1.165) is 0 Å². The van der Waals surface area contributed by atoms with Gasteiger partial charge >= 0.3 is 0 Å². The van der Waals surface area contributed by atoms with E-state index in [1.807, 2.05) is 30.3 Å². The first kappa shape index (κ1) is 12.1. The smallest absolute Gasteiger partial charge is 0.237 e. The zero-order valence-electron chi connectivity index (χ0n) is 10.3. The molecule has 2 rings (SSSR count). The Labute approximate surface area is 106 Å². The van der Waals surface area contributed by atoms with Crippen molar-refractivity contribution in [3.05, 3.63) is 47.9 Å². The lowest BCUT2D eigenvalue weighted by Gasteiger charge is -2.07. The molecule has 0 fully saturated rings. The molecule has 0 radical (unpaired) electrons. The van der Waals surface area contributed by atoms with E-state index < -0.39 is 0 Å². The van der Waals surface area contributed by atoms with E-state index in [2.05, 4.69) is 23.8 Å². The van der Waals surface area contributed by atoms with Gasteiger partial charge in [-0.15, -0.1) is 0 Å². The third-order valence-corrected chi connectivity index (χ3v) is 2.51. The molecule has 1 aromatic heterocycles. The lowest BCUT2D eigenvalue weighted by molar-refractivity contribution is 0.459. The van der Waals surface area contributed by atoms with E-state index in [9.17, 15) is 0 Å². The molecular weight excluding hydrogens is 226 g/mol. The van der Waals surface area contributed by atoms with Crippen LogP contribution in [0, 0.1) is 11.3 Å². The summed E-state index contributed by atoms with van der Waals surface area (Å²) in [4.78, 5) is 7.89. The highest BCUT2D eigenvalue weighted by molar-refractivity contribution is 5.31. The summed E-state index contributed by atoms with van der Waals surface area (Å²) in [6.45, 7) is 4.28. The largest absolute Gasteiger partial charge is 0.438 e. The van der Waals surface area contributed by atoms with E-state index in [1.54, 1.807) is 0 Å². The molecular formula is C14H13N3O. The van der Waals surface area contributed by atoms with Gasteiger partial charge in [0.25, 0.3) is 0 Å². The molecule has 0 unspecified atom stereocenters. The van der Waals surface area contributed by atoms with Crippen molar-refractivity contribution in [2.45, 2.75) is 19.8 Å². The molecule has 1 heterocycles. The third-order valence-electron chi connectivity index (χ3n) is 2.51. The molecule has 0 saturated heterocycles. The van der Waals surface area contributed by atoms with Crippen LogP contribution in [-0.4, -0.2) is 9.97 Å². The van der Waals surface area contributed by atoms with Crippen molar-refractivity contribution in [3.63, 3.8) is 0 Å². The fourth-order valence-corrected chi connectivity index (χ4v) is 1.47. The molecule has 0 amide bonds. The van der Waals surface area contributed by atoms with Crippen LogP contribution in [0.4, 0.5) is 0 Å². The van der Waals surface area contributed by atoms with Crippen molar-refractivity contribution in [1.29, 1.82) is 5.26 Å². The van der Waals surface area contributed by atoms with Gasteiger partial charge in [-0.1, -0.05) is 26.0 Å². The standard InChI is InChI=1S/C14H13N3O/c1-10(2)11-3-5-13(6-4-11)18-14-9-16-12(7-15)8-17-14/h3-6,8-10H,1-2H3. The van der Waals surface area contributed by atoms with Gasteiger partial charge in [0, 0.05) is 0 Å². The van der Waals surface area contributed by atoms with E-state index >= 15 is 0 Å². The van der Waals surface area contributed by atoms with Crippen LogP contribution < -0.4 is 4.74 Å². The molecule has 0 spiro atoms. The monoisotopic (exact) mass is 239 g/mol. The second-order valence-electron chi connectivity index (χ2n) is 4.18. The van der Waals surface area contributed by atoms with Gasteiger partial charge in [-0.2, -0.15) is 5.26 Å². The Balaban J connectivity index is 2.11. The van der Waals surface area contributed by atoms with Gasteiger partial charge in [0.1, 0.15) is 11.8 Å². The van der Waals surface area contributed by atoms with Gasteiger partial charge in [0.05, 0.1) is 12.4 Å². The normalized spacial score (nSPS) is 10.1. The Kier molecular flexibility index (Phi) is 3.54. The first-order chi connectivity index (χ1) is 8.69. The van der Waals surface area contributed by atoms with Crippen molar-refractivity contribution >= 4 is 0 Å². The topological polar surface area (TPSA) is 58.8 Å². The highest BCUT2D eigenvalue weighted by Crippen LogP contribution is 2.22. The minimum atomic E-state index is 0.275.